The number of piperidine rings is 1. The lowest BCUT2D eigenvalue weighted by molar-refractivity contribution is -0.132. The maximum Gasteiger partial charge on any atom is 0.246 e. The van der Waals surface area contributed by atoms with Gasteiger partial charge in [-0.25, -0.2) is 0 Å². The Balaban J connectivity index is 1.51. The van der Waals surface area contributed by atoms with E-state index in [0.29, 0.717) is 45.7 Å². The summed E-state index contributed by atoms with van der Waals surface area (Å²) in [5.41, 5.74) is 1.82. The highest BCUT2D eigenvalue weighted by Gasteiger charge is 2.26. The van der Waals surface area contributed by atoms with Gasteiger partial charge in [0.1, 0.15) is 11.3 Å². The van der Waals surface area contributed by atoms with Gasteiger partial charge in [0.25, 0.3) is 0 Å². The molecule has 0 radical (unpaired) electrons. The fraction of sp³-hybridized carbons (Fsp3) is 0.500. The van der Waals surface area contributed by atoms with Gasteiger partial charge in [0.2, 0.25) is 11.8 Å². The molecule has 0 bridgehead atoms. The average molecular weight is 413 g/mol. The number of nitrogens with zero attached hydrogens (tertiary/aromatic N) is 1. The van der Waals surface area contributed by atoms with E-state index in [1.807, 2.05) is 49.1 Å². The van der Waals surface area contributed by atoms with Crippen LogP contribution in [0.5, 0.6) is 0 Å². The SMILES string of the molecule is CCOCCCNC(=O)C1CCN(C(=O)C=Cc2c(CC)oc3ccccc23)CC1. The summed E-state index contributed by atoms with van der Waals surface area (Å²) in [6.07, 6.45) is 6.49. The number of amides is 2. The fourth-order valence-electron chi connectivity index (χ4n) is 3.86. The van der Waals surface area contributed by atoms with Crippen molar-refractivity contribution in [2.45, 2.75) is 39.5 Å². The van der Waals surface area contributed by atoms with Gasteiger partial charge < -0.3 is 19.4 Å². The first-order valence-corrected chi connectivity index (χ1v) is 11.0. The van der Waals surface area contributed by atoms with Crippen LogP contribution in [0.15, 0.2) is 34.8 Å². The van der Waals surface area contributed by atoms with Crippen LogP contribution in [0.4, 0.5) is 0 Å². The molecule has 2 heterocycles. The lowest BCUT2D eigenvalue weighted by Gasteiger charge is -2.30. The molecule has 0 saturated carbocycles. The van der Waals surface area contributed by atoms with Crippen LogP contribution in [0.1, 0.15) is 44.4 Å². The Morgan fingerprint density at radius 3 is 2.73 bits per heavy atom. The van der Waals surface area contributed by atoms with Crippen molar-refractivity contribution in [2.24, 2.45) is 5.92 Å². The number of hydrogen-bond acceptors (Lipinski definition) is 4. The first-order valence-electron chi connectivity index (χ1n) is 11.0. The van der Waals surface area contributed by atoms with E-state index >= 15 is 0 Å². The van der Waals surface area contributed by atoms with Crippen LogP contribution in [0.25, 0.3) is 17.0 Å². The van der Waals surface area contributed by atoms with Gasteiger partial charge in [-0.1, -0.05) is 25.1 Å². The normalized spacial score (nSPS) is 15.2. The number of aryl methyl sites for hydroxylation is 1. The first kappa shape index (κ1) is 22.1. The Bertz CT molecular complexity index is 878. The lowest BCUT2D eigenvalue weighted by Crippen LogP contribution is -2.42. The van der Waals surface area contributed by atoms with Crippen LogP contribution in [0, 0.1) is 5.92 Å². The molecule has 0 spiro atoms. The van der Waals surface area contributed by atoms with E-state index in [4.69, 9.17) is 9.15 Å². The van der Waals surface area contributed by atoms with Crippen molar-refractivity contribution in [3.05, 3.63) is 41.7 Å². The van der Waals surface area contributed by atoms with Crippen molar-refractivity contribution in [1.29, 1.82) is 0 Å². The van der Waals surface area contributed by atoms with Crippen LogP contribution in [0.2, 0.25) is 0 Å². The monoisotopic (exact) mass is 412 g/mol. The zero-order valence-electron chi connectivity index (χ0n) is 18.0. The number of furan rings is 1. The molecule has 1 aliphatic heterocycles. The molecule has 162 valence electrons. The van der Waals surface area contributed by atoms with Crippen molar-refractivity contribution in [3.8, 4) is 0 Å². The van der Waals surface area contributed by atoms with Crippen LogP contribution in [-0.4, -0.2) is 49.6 Å². The topological polar surface area (TPSA) is 71.8 Å². The van der Waals surface area contributed by atoms with Crippen LogP contribution < -0.4 is 5.32 Å². The summed E-state index contributed by atoms with van der Waals surface area (Å²) in [4.78, 5) is 26.8. The van der Waals surface area contributed by atoms with Gasteiger partial charge in [-0.2, -0.15) is 0 Å². The quantitative estimate of drug-likeness (QED) is 0.502. The van der Waals surface area contributed by atoms with Crippen molar-refractivity contribution in [3.63, 3.8) is 0 Å². The van der Waals surface area contributed by atoms with E-state index in [9.17, 15) is 9.59 Å². The summed E-state index contributed by atoms with van der Waals surface area (Å²) in [6.45, 7) is 7.22. The number of likely N-dealkylation sites (tertiary alicyclic amines) is 1. The molecule has 1 saturated heterocycles. The number of carbonyl (C=O) groups is 2. The van der Waals surface area contributed by atoms with Crippen molar-refractivity contribution in [2.75, 3.05) is 32.8 Å². The molecule has 1 fully saturated rings. The summed E-state index contributed by atoms with van der Waals surface area (Å²) in [5.74, 6) is 0.944. The molecule has 1 aromatic carbocycles. The van der Waals surface area contributed by atoms with E-state index < -0.39 is 0 Å². The van der Waals surface area contributed by atoms with Gasteiger partial charge in [0.15, 0.2) is 0 Å². The maximum absolute atomic E-state index is 12.7. The lowest BCUT2D eigenvalue weighted by atomic mass is 9.95. The van der Waals surface area contributed by atoms with Crippen LogP contribution in [0.3, 0.4) is 0 Å². The molecule has 1 N–H and O–H groups in total. The predicted octanol–water partition coefficient (Wildman–Crippen LogP) is 3.79. The van der Waals surface area contributed by atoms with Crippen LogP contribution in [-0.2, 0) is 20.7 Å². The molecule has 0 aliphatic carbocycles. The van der Waals surface area contributed by atoms with Gasteiger partial charge in [-0.05, 0) is 38.3 Å². The third-order valence-electron chi connectivity index (χ3n) is 5.57. The molecule has 6 nitrogen and oxygen atoms in total. The molecule has 1 aromatic heterocycles. The number of para-hydroxylation sites is 1. The fourth-order valence-corrected chi connectivity index (χ4v) is 3.86. The predicted molar refractivity (Wildman–Crippen MR) is 118 cm³/mol. The Morgan fingerprint density at radius 1 is 1.23 bits per heavy atom. The zero-order chi connectivity index (χ0) is 21.3. The van der Waals surface area contributed by atoms with E-state index in [0.717, 1.165) is 35.1 Å². The van der Waals surface area contributed by atoms with Gasteiger partial charge in [-0.3, -0.25) is 9.59 Å². The summed E-state index contributed by atoms with van der Waals surface area (Å²) in [6, 6.07) is 7.88. The number of fused-ring (bicyclic) bond motifs is 1. The van der Waals surface area contributed by atoms with E-state index in [2.05, 4.69) is 5.32 Å². The van der Waals surface area contributed by atoms with Crippen LogP contribution >= 0.6 is 0 Å². The minimum Gasteiger partial charge on any atom is -0.460 e. The summed E-state index contributed by atoms with van der Waals surface area (Å²) < 4.78 is 11.2. The van der Waals surface area contributed by atoms with Gasteiger partial charge >= 0.3 is 0 Å². The number of benzene rings is 1. The Kier molecular flexibility index (Phi) is 8.08. The van der Waals surface area contributed by atoms with Gasteiger partial charge in [0, 0.05) is 62.2 Å². The van der Waals surface area contributed by atoms with Gasteiger partial charge in [-0.15, -0.1) is 0 Å². The van der Waals surface area contributed by atoms with E-state index in [-0.39, 0.29) is 17.7 Å². The third kappa shape index (κ3) is 5.51. The maximum atomic E-state index is 12.7. The second-order valence-corrected chi connectivity index (χ2v) is 7.56. The van der Waals surface area contributed by atoms with E-state index in [1.165, 1.54) is 0 Å². The minimum absolute atomic E-state index is 0.0158. The highest BCUT2D eigenvalue weighted by molar-refractivity contribution is 5.96. The van der Waals surface area contributed by atoms with Crippen molar-refractivity contribution in [1.82, 2.24) is 10.2 Å². The molecule has 0 atom stereocenters. The Labute approximate surface area is 178 Å². The summed E-state index contributed by atoms with van der Waals surface area (Å²) in [5, 5.41) is 4.01. The highest BCUT2D eigenvalue weighted by Crippen LogP contribution is 2.27. The minimum atomic E-state index is -0.0189. The summed E-state index contributed by atoms with van der Waals surface area (Å²) >= 11 is 0. The van der Waals surface area contributed by atoms with Crippen molar-refractivity contribution >= 4 is 28.9 Å². The number of hydrogen-bond donors (Lipinski definition) is 1. The molecule has 0 unspecified atom stereocenters. The Morgan fingerprint density at radius 2 is 2.00 bits per heavy atom. The molecular formula is C24H32N2O4. The second-order valence-electron chi connectivity index (χ2n) is 7.56. The molecular weight excluding hydrogens is 380 g/mol. The smallest absolute Gasteiger partial charge is 0.246 e. The zero-order valence-corrected chi connectivity index (χ0v) is 18.0. The molecule has 1 aliphatic rings. The average Bonchev–Trinajstić information content (AvgIpc) is 3.15. The third-order valence-corrected chi connectivity index (χ3v) is 5.57. The second kappa shape index (κ2) is 11.0. The number of carbonyl (C=O) groups excluding carboxylic acids is 2. The van der Waals surface area contributed by atoms with Crippen molar-refractivity contribution < 1.29 is 18.7 Å². The Hall–Kier alpha value is -2.60. The molecule has 30 heavy (non-hydrogen) atoms. The van der Waals surface area contributed by atoms with Gasteiger partial charge in [0.05, 0.1) is 0 Å². The largest absolute Gasteiger partial charge is 0.460 e. The summed E-state index contributed by atoms with van der Waals surface area (Å²) in [7, 11) is 0. The number of nitrogens with one attached hydrogen (secondary N) is 1. The first-order chi connectivity index (χ1) is 14.6. The molecule has 2 aromatic rings. The number of rotatable bonds is 9. The highest BCUT2D eigenvalue weighted by atomic mass is 16.5. The standard InChI is InChI=1S/C24H32N2O4/c1-3-21-20(19-8-5-6-9-22(19)30-21)10-11-23(27)26-15-12-18(13-16-26)24(28)25-14-7-17-29-4-2/h5-6,8-11,18H,3-4,7,12-17H2,1-2H3,(H,25,28). The molecule has 3 rings (SSSR count). The molecule has 6 heteroatoms. The van der Waals surface area contributed by atoms with E-state index in [1.54, 1.807) is 6.08 Å². The number of ether oxygens (including phenoxy) is 1. The molecule has 2 amide bonds.